The van der Waals surface area contributed by atoms with E-state index in [2.05, 4.69) is 9.97 Å². The Bertz CT molecular complexity index is 1820. The number of halogens is 4. The number of aromatic carboxylic acids is 1. The second-order valence-electron chi connectivity index (χ2n) is 10.3. The fraction of sp³-hybridized carbons (Fsp3) is 0.219. The summed E-state index contributed by atoms with van der Waals surface area (Å²) in [6, 6.07) is 16.2. The molecule has 2 aromatic heterocycles. The van der Waals surface area contributed by atoms with Crippen LogP contribution in [0.25, 0.3) is 22.3 Å². The smallest absolute Gasteiger partial charge is 0.335 e. The van der Waals surface area contributed by atoms with E-state index in [1.807, 2.05) is 4.57 Å². The number of fused-ring (bicyclic) bond motifs is 1. The Morgan fingerprint density at radius 1 is 1.00 bits per heavy atom. The molecule has 0 spiro atoms. The molecule has 1 saturated heterocycles. The first-order valence-electron chi connectivity index (χ1n) is 13.4. The van der Waals surface area contributed by atoms with Gasteiger partial charge >= 0.3 is 5.97 Å². The summed E-state index contributed by atoms with van der Waals surface area (Å²) >= 11 is 0. The third-order valence-corrected chi connectivity index (χ3v) is 7.35. The van der Waals surface area contributed by atoms with E-state index in [1.54, 1.807) is 43.3 Å². The summed E-state index contributed by atoms with van der Waals surface area (Å²) < 4.78 is 58.1. The fourth-order valence-electron chi connectivity index (χ4n) is 5.19. The van der Waals surface area contributed by atoms with E-state index in [0.29, 0.717) is 42.1 Å². The van der Waals surface area contributed by atoms with E-state index in [0.717, 1.165) is 17.7 Å². The number of benzene rings is 3. The van der Waals surface area contributed by atoms with Gasteiger partial charge in [-0.15, -0.1) is 0 Å². The SMILES string of the molecule is Cc1ccc(COc2cccc(-c3cc(F)c(Cc4nc5ccc(C(=O)O)cc5n4[C@@H]4CCOC4)cc3F)n2)c(F)c1.F. The van der Waals surface area contributed by atoms with Gasteiger partial charge in [-0.2, -0.15) is 0 Å². The molecule has 1 aliphatic heterocycles. The van der Waals surface area contributed by atoms with Crippen LogP contribution in [0.1, 0.15) is 45.3 Å². The van der Waals surface area contributed by atoms with Crippen molar-refractivity contribution in [2.45, 2.75) is 32.4 Å². The standard InChI is InChI=1S/C32H26F3N3O4.FH/c1-18-5-6-20(24(33)11-18)16-42-31-4-2-3-27(37-31)23-15-25(34)21(12-26(23)35)14-30-36-28-8-7-19(32(39)40)13-29(28)38(30)22-9-10-41-17-22;/h2-8,11-13,15,22H,9-10,14,16-17H2,1H3,(H,39,40);1H/t22-;/m1./s1. The molecule has 1 atom stereocenters. The van der Waals surface area contributed by atoms with Gasteiger partial charge in [-0.1, -0.05) is 18.2 Å². The van der Waals surface area contributed by atoms with Crippen molar-refractivity contribution in [3.8, 4) is 17.1 Å². The third-order valence-electron chi connectivity index (χ3n) is 7.35. The quantitative estimate of drug-likeness (QED) is 0.199. The Hall–Kier alpha value is -4.77. The van der Waals surface area contributed by atoms with Crippen molar-refractivity contribution >= 4 is 17.0 Å². The van der Waals surface area contributed by atoms with Crippen LogP contribution in [0, 0.1) is 24.4 Å². The van der Waals surface area contributed by atoms with Gasteiger partial charge in [0.25, 0.3) is 0 Å². The molecule has 5 aromatic rings. The Balaban J connectivity index is 0.00000368. The maximum Gasteiger partial charge on any atom is 0.335 e. The number of ether oxygens (including phenoxy) is 2. The number of carbonyl (C=O) groups is 1. The highest BCUT2D eigenvalue weighted by molar-refractivity contribution is 5.92. The highest BCUT2D eigenvalue weighted by Crippen LogP contribution is 2.31. The first kappa shape index (κ1) is 29.7. The Morgan fingerprint density at radius 3 is 2.56 bits per heavy atom. The monoisotopic (exact) mass is 593 g/mol. The molecule has 0 saturated carbocycles. The minimum absolute atomic E-state index is 0. The van der Waals surface area contributed by atoms with Gasteiger partial charge in [0.2, 0.25) is 5.88 Å². The van der Waals surface area contributed by atoms with Crippen molar-refractivity contribution in [3.63, 3.8) is 0 Å². The summed E-state index contributed by atoms with van der Waals surface area (Å²) in [5.41, 5.74) is 2.61. The molecule has 0 radical (unpaired) electrons. The van der Waals surface area contributed by atoms with Crippen molar-refractivity contribution in [2.75, 3.05) is 13.2 Å². The minimum atomic E-state index is -1.07. The highest BCUT2D eigenvalue weighted by atomic mass is 19.1. The lowest BCUT2D eigenvalue weighted by Gasteiger charge is -2.16. The number of aryl methyl sites for hydroxylation is 1. The van der Waals surface area contributed by atoms with Crippen molar-refractivity contribution in [1.29, 1.82) is 0 Å². The molecular weight excluding hydrogens is 566 g/mol. The van der Waals surface area contributed by atoms with Crippen molar-refractivity contribution in [3.05, 3.63) is 112 Å². The van der Waals surface area contributed by atoms with Crippen LogP contribution in [-0.2, 0) is 17.8 Å². The molecule has 222 valence electrons. The lowest BCUT2D eigenvalue weighted by Crippen LogP contribution is -2.13. The van der Waals surface area contributed by atoms with E-state index < -0.39 is 23.4 Å². The van der Waals surface area contributed by atoms with E-state index in [1.165, 1.54) is 18.2 Å². The molecule has 0 unspecified atom stereocenters. The normalized spacial score (nSPS) is 14.6. The fourth-order valence-corrected chi connectivity index (χ4v) is 5.19. The number of imidazole rings is 1. The van der Waals surface area contributed by atoms with Crippen LogP contribution < -0.4 is 4.74 Å². The van der Waals surface area contributed by atoms with Crippen LogP contribution in [0.15, 0.2) is 66.7 Å². The predicted molar refractivity (Wildman–Crippen MR) is 152 cm³/mol. The molecule has 6 rings (SSSR count). The summed E-state index contributed by atoms with van der Waals surface area (Å²) in [4.78, 5) is 20.5. The van der Waals surface area contributed by atoms with Gasteiger partial charge in [-0.25, -0.2) is 27.9 Å². The number of hydrogen-bond donors (Lipinski definition) is 1. The van der Waals surface area contributed by atoms with Gasteiger partial charge < -0.3 is 19.1 Å². The summed E-state index contributed by atoms with van der Waals surface area (Å²) in [5.74, 6) is -2.17. The van der Waals surface area contributed by atoms with Crippen molar-refractivity contribution in [1.82, 2.24) is 14.5 Å². The first-order valence-corrected chi connectivity index (χ1v) is 13.4. The van der Waals surface area contributed by atoms with Crippen LogP contribution in [-0.4, -0.2) is 38.8 Å². The zero-order valence-electron chi connectivity index (χ0n) is 23.0. The number of rotatable bonds is 8. The molecule has 3 heterocycles. The Kier molecular flexibility index (Phi) is 8.45. The van der Waals surface area contributed by atoms with Crippen LogP contribution in [0.5, 0.6) is 5.88 Å². The second-order valence-corrected chi connectivity index (χ2v) is 10.3. The van der Waals surface area contributed by atoms with Crippen molar-refractivity contribution in [2.24, 2.45) is 0 Å². The largest absolute Gasteiger partial charge is 0.478 e. The molecule has 0 amide bonds. The zero-order chi connectivity index (χ0) is 29.4. The topological polar surface area (TPSA) is 86.5 Å². The number of hydrogen-bond acceptors (Lipinski definition) is 5. The van der Waals surface area contributed by atoms with Crippen LogP contribution in [0.4, 0.5) is 17.9 Å². The number of pyridine rings is 1. The van der Waals surface area contributed by atoms with Gasteiger partial charge in [0.05, 0.1) is 34.9 Å². The summed E-state index contributed by atoms with van der Waals surface area (Å²) in [5, 5.41) is 9.48. The minimum Gasteiger partial charge on any atom is -0.478 e. The van der Waals surface area contributed by atoms with Crippen LogP contribution >= 0.6 is 0 Å². The van der Waals surface area contributed by atoms with E-state index in [4.69, 9.17) is 9.47 Å². The number of nitrogens with zero attached hydrogens (tertiary/aromatic N) is 3. The lowest BCUT2D eigenvalue weighted by atomic mass is 10.0. The summed E-state index contributed by atoms with van der Waals surface area (Å²) in [6.45, 7) is 2.66. The Labute approximate surface area is 243 Å². The molecule has 43 heavy (non-hydrogen) atoms. The maximum absolute atomic E-state index is 15.5. The summed E-state index contributed by atoms with van der Waals surface area (Å²) in [7, 11) is 0. The molecular formula is C32H27F4N3O4. The molecule has 1 fully saturated rings. The molecule has 3 aromatic carbocycles. The molecule has 0 aliphatic carbocycles. The molecule has 0 bridgehead atoms. The van der Waals surface area contributed by atoms with E-state index in [9.17, 15) is 14.3 Å². The second kappa shape index (κ2) is 12.2. The average molecular weight is 594 g/mol. The number of aromatic nitrogens is 3. The van der Waals surface area contributed by atoms with Crippen LogP contribution in [0.2, 0.25) is 0 Å². The maximum atomic E-state index is 15.5. The number of carboxylic acids is 1. The van der Waals surface area contributed by atoms with Gasteiger partial charge in [-0.3, -0.25) is 4.70 Å². The summed E-state index contributed by atoms with van der Waals surface area (Å²) in [6.07, 6.45) is 0.668. The number of carboxylic acid groups (broad SMARTS) is 1. The highest BCUT2D eigenvalue weighted by Gasteiger charge is 2.25. The lowest BCUT2D eigenvalue weighted by molar-refractivity contribution is 0.0697. The average Bonchev–Trinajstić information content (AvgIpc) is 3.61. The van der Waals surface area contributed by atoms with Gasteiger partial charge in [-0.05, 0) is 66.9 Å². The van der Waals surface area contributed by atoms with Gasteiger partial charge in [0.1, 0.15) is 29.9 Å². The van der Waals surface area contributed by atoms with E-state index >= 15 is 8.78 Å². The van der Waals surface area contributed by atoms with Crippen molar-refractivity contribution < 1.29 is 37.3 Å². The van der Waals surface area contributed by atoms with E-state index in [-0.39, 0.29) is 52.0 Å². The predicted octanol–water partition coefficient (Wildman–Crippen LogP) is 6.81. The molecule has 1 aliphatic rings. The van der Waals surface area contributed by atoms with Crippen LogP contribution in [0.3, 0.4) is 0 Å². The third kappa shape index (κ3) is 6.07. The van der Waals surface area contributed by atoms with Gasteiger partial charge in [0, 0.05) is 30.2 Å². The molecule has 11 heteroatoms. The Morgan fingerprint density at radius 2 is 1.81 bits per heavy atom. The molecule has 7 nitrogen and oxygen atoms in total. The molecule has 1 N–H and O–H groups in total. The first-order chi connectivity index (χ1) is 20.3. The van der Waals surface area contributed by atoms with Gasteiger partial charge in [0.15, 0.2) is 0 Å². The zero-order valence-corrected chi connectivity index (χ0v) is 23.0.